The van der Waals surface area contributed by atoms with E-state index in [1.807, 2.05) is 64.4 Å². The Hall–Kier alpha value is -6.06. The van der Waals surface area contributed by atoms with Crippen LogP contribution in [0.2, 0.25) is 0 Å². The van der Waals surface area contributed by atoms with E-state index in [0.717, 1.165) is 59.3 Å². The van der Waals surface area contributed by atoms with Gasteiger partial charge < -0.3 is 39.9 Å². The number of benzene rings is 1. The first-order chi connectivity index (χ1) is 27.0. The summed E-state index contributed by atoms with van der Waals surface area (Å²) in [6.07, 6.45) is 9.10. The molecule has 3 aromatic rings. The predicted octanol–water partition coefficient (Wildman–Crippen LogP) is 5.07. The maximum Gasteiger partial charge on any atom is 0.407 e. The number of fused-ring (bicyclic) bond motifs is 1. The minimum absolute atomic E-state index is 0.115. The number of nitrogens with one attached hydrogen (secondary N) is 4. The van der Waals surface area contributed by atoms with Crippen molar-refractivity contribution in [2.75, 3.05) is 27.3 Å². The quantitative estimate of drug-likeness (QED) is 0.221. The molecule has 16 heteroatoms. The molecule has 0 radical (unpaired) electrons. The highest BCUT2D eigenvalue weighted by Crippen LogP contribution is 2.37. The number of amides is 4. The summed E-state index contributed by atoms with van der Waals surface area (Å²) >= 11 is 0. The van der Waals surface area contributed by atoms with E-state index < -0.39 is 24.3 Å². The molecule has 0 spiro atoms. The van der Waals surface area contributed by atoms with Gasteiger partial charge in [-0.25, -0.2) is 24.6 Å². The second-order valence-corrected chi connectivity index (χ2v) is 15.1. The second kappa shape index (κ2) is 16.0. The van der Waals surface area contributed by atoms with Gasteiger partial charge in [-0.2, -0.15) is 0 Å². The lowest BCUT2D eigenvalue weighted by Crippen LogP contribution is -2.53. The maximum absolute atomic E-state index is 13.6. The Morgan fingerprint density at radius 3 is 2.00 bits per heavy atom. The summed E-state index contributed by atoms with van der Waals surface area (Å²) in [6.45, 7) is 8.69. The zero-order chi connectivity index (χ0) is 39.7. The van der Waals surface area contributed by atoms with Gasteiger partial charge in [0.25, 0.3) is 0 Å². The summed E-state index contributed by atoms with van der Waals surface area (Å²) in [7, 11) is 2.56. The van der Waals surface area contributed by atoms with E-state index in [9.17, 15) is 19.2 Å². The highest BCUT2D eigenvalue weighted by atomic mass is 16.5. The van der Waals surface area contributed by atoms with Crippen LogP contribution >= 0.6 is 0 Å². The van der Waals surface area contributed by atoms with Gasteiger partial charge in [-0.1, -0.05) is 52.0 Å². The Morgan fingerprint density at radius 1 is 0.804 bits per heavy atom. The van der Waals surface area contributed by atoms with Gasteiger partial charge >= 0.3 is 12.2 Å². The van der Waals surface area contributed by atoms with Gasteiger partial charge in [0.05, 0.1) is 55.8 Å². The van der Waals surface area contributed by atoms with Crippen molar-refractivity contribution >= 4 is 48.0 Å². The number of aliphatic imine (C=N–C) groups is 3. The summed E-state index contributed by atoms with van der Waals surface area (Å²) in [6, 6.07) is 6.18. The molecule has 294 valence electrons. The zero-order valence-electron chi connectivity index (χ0n) is 32.5. The lowest BCUT2D eigenvalue weighted by Gasteiger charge is -2.30. The SMILES string of the molecule is COC(=O)N[C@H](C(=O)N1CCCC1C1=N/C(=C2\N=Cc3c2c[nH]c3-c2ccc(-c3cnc([C@@H]4CCCN4C(=O)[C@@H](NC(=O)OC)C(C)C)[nH]3)cc2)C=N1)C(C)C. The van der Waals surface area contributed by atoms with Gasteiger partial charge in [0, 0.05) is 36.6 Å². The number of carbonyl (C=O) groups is 4. The van der Waals surface area contributed by atoms with Crippen LogP contribution in [0, 0.1) is 11.8 Å². The number of imidazole rings is 1. The van der Waals surface area contributed by atoms with Crippen LogP contribution in [0.1, 0.15) is 76.4 Å². The van der Waals surface area contributed by atoms with Gasteiger partial charge in [-0.05, 0) is 48.6 Å². The van der Waals surface area contributed by atoms with Crippen LogP contribution in [0.4, 0.5) is 9.59 Å². The van der Waals surface area contributed by atoms with E-state index in [1.54, 1.807) is 22.2 Å². The van der Waals surface area contributed by atoms with Crippen molar-refractivity contribution in [3.63, 3.8) is 0 Å². The lowest BCUT2D eigenvalue weighted by molar-refractivity contribution is -0.135. The largest absolute Gasteiger partial charge is 0.453 e. The molecular formula is C40H48N10O6. The van der Waals surface area contributed by atoms with E-state index >= 15 is 0 Å². The van der Waals surface area contributed by atoms with Crippen LogP contribution in [-0.2, 0) is 19.1 Å². The molecule has 2 aromatic heterocycles. The summed E-state index contributed by atoms with van der Waals surface area (Å²) in [5, 5.41) is 5.37. The summed E-state index contributed by atoms with van der Waals surface area (Å²) in [5.41, 5.74) is 6.85. The first-order valence-corrected chi connectivity index (χ1v) is 19.1. The maximum atomic E-state index is 13.6. The number of likely N-dealkylation sites (tertiary alicyclic amines) is 2. The van der Waals surface area contributed by atoms with Crippen LogP contribution in [0.3, 0.4) is 0 Å². The van der Waals surface area contributed by atoms with Crippen molar-refractivity contribution in [2.24, 2.45) is 26.8 Å². The molecule has 2 saturated heterocycles. The molecule has 4 atom stereocenters. The van der Waals surface area contributed by atoms with E-state index in [1.165, 1.54) is 14.2 Å². The number of carbonyl (C=O) groups excluding carboxylic acids is 4. The number of rotatable bonds is 10. The summed E-state index contributed by atoms with van der Waals surface area (Å²) in [4.78, 5) is 80.4. The van der Waals surface area contributed by atoms with Gasteiger partial charge in [-0.15, -0.1) is 0 Å². The number of H-pyrrole nitrogens is 2. The fourth-order valence-corrected chi connectivity index (χ4v) is 7.83. The molecule has 4 N–H and O–H groups in total. The molecule has 4 aliphatic heterocycles. The van der Waals surface area contributed by atoms with E-state index in [2.05, 4.69) is 30.6 Å². The highest BCUT2D eigenvalue weighted by Gasteiger charge is 2.40. The standard InChI is InChI=1S/C40H48N10O6/c1-21(2)31(47-39(53)55-5)37(51)49-15-7-9-29(49)35-43-19-27(45-35)23-11-13-24(14-12-23)33-25-17-42-34(26(25)18-41-33)28-20-44-36(46-28)30-10-8-16-50(30)38(52)32(22(3)4)48-40(54)56-6/h11-14,17-22,29-32,41H,7-10,15-16H2,1-6H3,(H,43,45)(H,47,53)(H,48,54)/b34-28-/t29-,30?,31-,32-/m0/s1. The van der Waals surface area contributed by atoms with Crippen molar-refractivity contribution in [2.45, 2.75) is 77.5 Å². The highest BCUT2D eigenvalue weighted by molar-refractivity contribution is 6.12. The van der Waals surface area contributed by atoms with Crippen LogP contribution in [0.5, 0.6) is 0 Å². The number of amidine groups is 1. The number of methoxy groups -OCH3 is 2. The van der Waals surface area contributed by atoms with Crippen LogP contribution in [0.15, 0.2) is 57.3 Å². The topological polar surface area (TPSA) is 199 Å². The Bertz CT molecular complexity index is 2130. The fraction of sp³-hybridized carbons (Fsp3) is 0.450. The van der Waals surface area contributed by atoms with Gasteiger partial charge in [0.2, 0.25) is 11.8 Å². The van der Waals surface area contributed by atoms with Gasteiger partial charge in [0.1, 0.15) is 23.6 Å². The molecule has 6 heterocycles. The molecule has 56 heavy (non-hydrogen) atoms. The van der Waals surface area contributed by atoms with Crippen molar-refractivity contribution in [3.8, 4) is 22.5 Å². The van der Waals surface area contributed by atoms with Crippen molar-refractivity contribution in [3.05, 3.63) is 59.3 Å². The third-order valence-corrected chi connectivity index (χ3v) is 10.8. The molecular weight excluding hydrogens is 717 g/mol. The second-order valence-electron chi connectivity index (χ2n) is 15.1. The molecule has 1 unspecified atom stereocenters. The van der Waals surface area contributed by atoms with Crippen molar-refractivity contribution in [1.29, 1.82) is 0 Å². The number of hydrogen-bond donors (Lipinski definition) is 4. The zero-order valence-corrected chi connectivity index (χ0v) is 32.5. The molecule has 4 amide bonds. The third-order valence-electron chi connectivity index (χ3n) is 10.8. The average Bonchev–Trinajstić information content (AvgIpc) is 4.04. The van der Waals surface area contributed by atoms with Gasteiger partial charge in [0.15, 0.2) is 5.84 Å². The minimum Gasteiger partial charge on any atom is -0.453 e. The molecule has 2 fully saturated rings. The fourth-order valence-electron chi connectivity index (χ4n) is 7.83. The summed E-state index contributed by atoms with van der Waals surface area (Å²) < 4.78 is 9.51. The molecule has 0 saturated carbocycles. The number of aromatic nitrogens is 3. The Morgan fingerprint density at radius 2 is 1.39 bits per heavy atom. The van der Waals surface area contributed by atoms with Crippen molar-refractivity contribution < 1.29 is 28.7 Å². The van der Waals surface area contributed by atoms with E-state index in [-0.39, 0.29) is 35.7 Å². The van der Waals surface area contributed by atoms with Crippen LogP contribution < -0.4 is 10.6 Å². The normalized spacial score (nSPS) is 21.1. The first-order valence-electron chi connectivity index (χ1n) is 19.1. The molecule has 0 bridgehead atoms. The third kappa shape index (κ3) is 7.34. The lowest BCUT2D eigenvalue weighted by atomic mass is 10.0. The van der Waals surface area contributed by atoms with E-state index in [0.29, 0.717) is 36.1 Å². The van der Waals surface area contributed by atoms with E-state index in [4.69, 9.17) is 19.5 Å². The minimum atomic E-state index is -0.722. The van der Waals surface area contributed by atoms with Crippen molar-refractivity contribution in [1.82, 2.24) is 35.4 Å². The van der Waals surface area contributed by atoms with Gasteiger partial charge in [-0.3, -0.25) is 14.6 Å². The summed E-state index contributed by atoms with van der Waals surface area (Å²) in [5.74, 6) is 0.684. The smallest absolute Gasteiger partial charge is 0.407 e. The van der Waals surface area contributed by atoms with Crippen LogP contribution in [-0.4, -0.2) is 112 Å². The number of alkyl carbamates (subject to hydrolysis) is 2. The number of aromatic amines is 2. The molecule has 0 aliphatic carbocycles. The molecule has 7 rings (SSSR count). The number of allylic oxidation sites excluding steroid dienone is 1. The monoisotopic (exact) mass is 764 g/mol. The number of nitrogens with zero attached hydrogens (tertiary/aromatic N) is 6. The molecule has 16 nitrogen and oxygen atoms in total. The van der Waals surface area contributed by atoms with Crippen LogP contribution in [0.25, 0.3) is 28.2 Å². The Labute approximate surface area is 325 Å². The predicted molar refractivity (Wildman–Crippen MR) is 211 cm³/mol. The first kappa shape index (κ1) is 38.2. The Kier molecular flexibility index (Phi) is 10.9. The average molecular weight is 765 g/mol. The number of hydrogen-bond acceptors (Lipinski definition) is 10. The number of ether oxygens (including phenoxy) is 2. The Balaban J connectivity index is 1.05. The molecule has 4 aliphatic rings. The molecule has 1 aromatic carbocycles.